The van der Waals surface area contributed by atoms with E-state index in [4.69, 9.17) is 10.00 Å². The van der Waals surface area contributed by atoms with Gasteiger partial charge in [0.2, 0.25) is 0 Å². The minimum atomic E-state index is -1.22. The van der Waals surface area contributed by atoms with Gasteiger partial charge in [-0.1, -0.05) is 0 Å². The molecule has 22 heavy (non-hydrogen) atoms. The van der Waals surface area contributed by atoms with E-state index in [2.05, 4.69) is 5.32 Å². The summed E-state index contributed by atoms with van der Waals surface area (Å²) >= 11 is 0. The third-order valence-corrected chi connectivity index (χ3v) is 2.97. The minimum absolute atomic E-state index is 0.0256. The predicted octanol–water partition coefficient (Wildman–Crippen LogP) is 2.52. The first-order valence-corrected chi connectivity index (χ1v) is 6.28. The number of nitriles is 1. The molecule has 2 rings (SSSR count). The van der Waals surface area contributed by atoms with Gasteiger partial charge in [0.15, 0.2) is 0 Å². The maximum Gasteiger partial charge on any atom is 0.336 e. The van der Waals surface area contributed by atoms with E-state index in [1.165, 1.54) is 25.3 Å². The summed E-state index contributed by atoms with van der Waals surface area (Å²) < 4.78 is 4.96. The Labute approximate surface area is 126 Å². The number of carbonyl (C=O) groups is 2. The number of hydrogen-bond donors (Lipinski definition) is 2. The fraction of sp³-hybridized carbons (Fsp3) is 0.0625. The second-order valence-electron chi connectivity index (χ2n) is 4.36. The highest BCUT2D eigenvalue weighted by atomic mass is 16.5. The van der Waals surface area contributed by atoms with Crippen LogP contribution in [0.25, 0.3) is 0 Å². The van der Waals surface area contributed by atoms with Crippen LogP contribution in [0.1, 0.15) is 26.3 Å². The number of ether oxygens (including phenoxy) is 1. The maximum atomic E-state index is 12.2. The number of carboxylic acids is 1. The first-order valence-electron chi connectivity index (χ1n) is 6.28. The van der Waals surface area contributed by atoms with Gasteiger partial charge in [0.25, 0.3) is 5.91 Å². The topological polar surface area (TPSA) is 99.4 Å². The second-order valence-corrected chi connectivity index (χ2v) is 4.36. The van der Waals surface area contributed by atoms with E-state index in [0.717, 1.165) is 0 Å². The number of anilines is 1. The van der Waals surface area contributed by atoms with Crippen molar-refractivity contribution in [3.05, 3.63) is 59.2 Å². The molecule has 0 spiro atoms. The molecule has 0 aliphatic heterocycles. The van der Waals surface area contributed by atoms with E-state index in [0.29, 0.717) is 17.0 Å². The molecule has 0 saturated heterocycles. The normalized spacial score (nSPS) is 9.64. The summed E-state index contributed by atoms with van der Waals surface area (Å²) in [5.41, 5.74) is 0.813. The first kappa shape index (κ1) is 15.1. The Hall–Kier alpha value is -3.33. The van der Waals surface area contributed by atoms with Gasteiger partial charge in [-0.25, -0.2) is 4.79 Å². The molecule has 0 radical (unpaired) electrons. The van der Waals surface area contributed by atoms with E-state index in [1.807, 2.05) is 6.07 Å². The number of rotatable bonds is 4. The van der Waals surface area contributed by atoms with Crippen LogP contribution in [-0.4, -0.2) is 24.1 Å². The lowest BCUT2D eigenvalue weighted by atomic mass is 10.1. The van der Waals surface area contributed by atoms with Gasteiger partial charge in [0.1, 0.15) is 5.75 Å². The Kier molecular flexibility index (Phi) is 4.39. The number of nitrogens with zero attached hydrogens (tertiary/aromatic N) is 1. The number of hydrogen-bond acceptors (Lipinski definition) is 4. The van der Waals surface area contributed by atoms with Crippen LogP contribution in [0.5, 0.6) is 5.75 Å². The number of nitrogens with one attached hydrogen (secondary N) is 1. The summed E-state index contributed by atoms with van der Waals surface area (Å²) in [5, 5.41) is 20.5. The molecule has 110 valence electrons. The van der Waals surface area contributed by atoms with E-state index in [9.17, 15) is 14.7 Å². The molecule has 6 heteroatoms. The zero-order chi connectivity index (χ0) is 16.1. The van der Waals surface area contributed by atoms with Crippen LogP contribution < -0.4 is 10.1 Å². The summed E-state index contributed by atoms with van der Waals surface area (Å²) in [7, 11) is 1.41. The van der Waals surface area contributed by atoms with Crippen molar-refractivity contribution in [2.45, 2.75) is 0 Å². The molecule has 0 aliphatic rings. The Balaban J connectivity index is 2.28. The number of carbonyl (C=O) groups excluding carboxylic acids is 1. The highest BCUT2D eigenvalue weighted by Crippen LogP contribution is 2.19. The molecular formula is C16H12N2O4. The molecule has 6 nitrogen and oxygen atoms in total. The number of carboxylic acid groups (broad SMARTS) is 1. The smallest absolute Gasteiger partial charge is 0.336 e. The van der Waals surface area contributed by atoms with Gasteiger partial charge in [0, 0.05) is 5.69 Å². The number of amides is 1. The van der Waals surface area contributed by atoms with Crippen molar-refractivity contribution in [2.24, 2.45) is 0 Å². The largest absolute Gasteiger partial charge is 0.497 e. The quantitative estimate of drug-likeness (QED) is 0.903. The number of aromatic carboxylic acids is 1. The summed E-state index contributed by atoms with van der Waals surface area (Å²) in [5.74, 6) is -1.42. The van der Waals surface area contributed by atoms with Gasteiger partial charge >= 0.3 is 5.97 Å². The third-order valence-electron chi connectivity index (χ3n) is 2.97. The molecule has 1 amide bonds. The molecule has 0 bridgehead atoms. The van der Waals surface area contributed by atoms with Crippen LogP contribution in [0.15, 0.2) is 42.5 Å². The lowest BCUT2D eigenvalue weighted by molar-refractivity contribution is 0.0692. The van der Waals surface area contributed by atoms with E-state index >= 15 is 0 Å². The third kappa shape index (κ3) is 3.22. The standard InChI is InChI=1S/C16H12N2O4/c1-22-12-6-7-13(14(8-12)16(20)21)15(19)18-11-4-2-10(9-17)3-5-11/h2-8H,1H3,(H,18,19)(H,20,21). The Morgan fingerprint density at radius 1 is 1.14 bits per heavy atom. The molecule has 0 unspecified atom stereocenters. The van der Waals surface area contributed by atoms with Crippen molar-refractivity contribution in [1.82, 2.24) is 0 Å². The molecule has 0 atom stereocenters. The highest BCUT2D eigenvalue weighted by molar-refractivity contribution is 6.10. The zero-order valence-corrected chi connectivity index (χ0v) is 11.7. The summed E-state index contributed by atoms with van der Waals surface area (Å²) in [6.07, 6.45) is 0. The predicted molar refractivity (Wildman–Crippen MR) is 79.1 cm³/mol. The van der Waals surface area contributed by atoms with Crippen molar-refractivity contribution in [2.75, 3.05) is 12.4 Å². The molecule has 2 aromatic rings. The fourth-order valence-corrected chi connectivity index (χ4v) is 1.85. The number of methoxy groups -OCH3 is 1. The van der Waals surface area contributed by atoms with E-state index in [1.54, 1.807) is 24.3 Å². The highest BCUT2D eigenvalue weighted by Gasteiger charge is 2.17. The van der Waals surface area contributed by atoms with E-state index < -0.39 is 11.9 Å². The average molecular weight is 296 g/mol. The number of benzene rings is 2. The molecule has 0 heterocycles. The average Bonchev–Trinajstić information content (AvgIpc) is 2.54. The lowest BCUT2D eigenvalue weighted by Crippen LogP contribution is -2.16. The van der Waals surface area contributed by atoms with Crippen molar-refractivity contribution < 1.29 is 19.4 Å². The van der Waals surface area contributed by atoms with Crippen molar-refractivity contribution in [1.29, 1.82) is 5.26 Å². The fourth-order valence-electron chi connectivity index (χ4n) is 1.85. The summed E-state index contributed by atoms with van der Waals surface area (Å²) in [6.45, 7) is 0. The van der Waals surface area contributed by atoms with Crippen LogP contribution >= 0.6 is 0 Å². The zero-order valence-electron chi connectivity index (χ0n) is 11.7. The first-order chi connectivity index (χ1) is 10.5. The van der Waals surface area contributed by atoms with Crippen molar-refractivity contribution >= 4 is 17.6 Å². The Bertz CT molecular complexity index is 761. The van der Waals surface area contributed by atoms with Crippen molar-refractivity contribution in [3.8, 4) is 11.8 Å². The SMILES string of the molecule is COc1ccc(C(=O)Nc2ccc(C#N)cc2)c(C(=O)O)c1. The van der Waals surface area contributed by atoms with E-state index in [-0.39, 0.29) is 11.1 Å². The maximum absolute atomic E-state index is 12.2. The molecule has 2 N–H and O–H groups in total. The van der Waals surface area contributed by atoms with Gasteiger partial charge in [-0.15, -0.1) is 0 Å². The molecule has 0 aromatic heterocycles. The molecule has 0 aliphatic carbocycles. The van der Waals surface area contributed by atoms with Crippen LogP contribution in [0, 0.1) is 11.3 Å². The summed E-state index contributed by atoms with van der Waals surface area (Å²) in [6, 6.07) is 12.4. The molecule has 0 fully saturated rings. The van der Waals surface area contributed by atoms with Gasteiger partial charge in [-0.2, -0.15) is 5.26 Å². The van der Waals surface area contributed by atoms with Gasteiger partial charge in [-0.05, 0) is 42.5 Å². The Morgan fingerprint density at radius 2 is 1.82 bits per heavy atom. The Morgan fingerprint density at radius 3 is 2.36 bits per heavy atom. The second kappa shape index (κ2) is 6.41. The van der Waals surface area contributed by atoms with Crippen LogP contribution in [0.2, 0.25) is 0 Å². The van der Waals surface area contributed by atoms with Gasteiger partial charge in [-0.3, -0.25) is 4.79 Å². The molecule has 0 saturated carbocycles. The van der Waals surface area contributed by atoms with Gasteiger partial charge in [0.05, 0.1) is 29.9 Å². The van der Waals surface area contributed by atoms with Crippen LogP contribution in [0.4, 0.5) is 5.69 Å². The van der Waals surface area contributed by atoms with Gasteiger partial charge < -0.3 is 15.2 Å². The minimum Gasteiger partial charge on any atom is -0.497 e. The molecular weight excluding hydrogens is 284 g/mol. The summed E-state index contributed by atoms with van der Waals surface area (Å²) in [4.78, 5) is 23.5. The molecule has 2 aromatic carbocycles. The van der Waals surface area contributed by atoms with Crippen molar-refractivity contribution in [3.63, 3.8) is 0 Å². The van der Waals surface area contributed by atoms with Crippen LogP contribution in [-0.2, 0) is 0 Å². The lowest BCUT2D eigenvalue weighted by Gasteiger charge is -2.09. The van der Waals surface area contributed by atoms with Crippen LogP contribution in [0.3, 0.4) is 0 Å². The monoisotopic (exact) mass is 296 g/mol.